The molecule has 1 aliphatic carbocycles. The minimum Gasteiger partial charge on any atom is -0.368 e. The summed E-state index contributed by atoms with van der Waals surface area (Å²) in [5, 5.41) is 2.96. The van der Waals surface area contributed by atoms with Gasteiger partial charge in [0.2, 0.25) is 5.91 Å². The van der Waals surface area contributed by atoms with Crippen LogP contribution in [-0.4, -0.2) is 25.2 Å². The maximum absolute atomic E-state index is 11.5. The zero-order valence-corrected chi connectivity index (χ0v) is 8.14. The maximum atomic E-state index is 11.5. The van der Waals surface area contributed by atoms with Crippen LogP contribution in [0.3, 0.4) is 0 Å². The molecule has 1 aliphatic heterocycles. The van der Waals surface area contributed by atoms with Crippen LogP contribution >= 0.6 is 0 Å². The fourth-order valence-electron chi connectivity index (χ4n) is 1.59. The van der Waals surface area contributed by atoms with Crippen molar-refractivity contribution in [2.75, 3.05) is 13.2 Å². The van der Waals surface area contributed by atoms with E-state index in [2.05, 4.69) is 12.2 Å². The minimum atomic E-state index is -0.164. The van der Waals surface area contributed by atoms with E-state index < -0.39 is 0 Å². The van der Waals surface area contributed by atoms with E-state index in [9.17, 15) is 4.79 Å². The molecule has 3 heteroatoms. The Bertz CT molecular complexity index is 205. The van der Waals surface area contributed by atoms with Gasteiger partial charge in [-0.1, -0.05) is 6.92 Å². The molecule has 0 aromatic carbocycles. The van der Waals surface area contributed by atoms with Crippen LogP contribution in [0.15, 0.2) is 0 Å². The quantitative estimate of drug-likeness (QED) is 0.711. The lowest BCUT2D eigenvalue weighted by Crippen LogP contribution is -2.37. The molecule has 1 saturated carbocycles. The van der Waals surface area contributed by atoms with E-state index in [0.717, 1.165) is 26.0 Å². The molecule has 2 aliphatic rings. The van der Waals surface area contributed by atoms with Crippen LogP contribution in [0.5, 0.6) is 0 Å². The Balaban J connectivity index is 1.71. The first-order valence-electron chi connectivity index (χ1n) is 5.09. The van der Waals surface area contributed by atoms with Crippen LogP contribution in [0.25, 0.3) is 0 Å². The molecule has 1 atom stereocenters. The van der Waals surface area contributed by atoms with E-state index in [0.29, 0.717) is 5.41 Å². The number of carbonyl (C=O) groups is 1. The van der Waals surface area contributed by atoms with Crippen molar-refractivity contribution in [3.05, 3.63) is 0 Å². The highest BCUT2D eigenvalue weighted by Crippen LogP contribution is 2.44. The summed E-state index contributed by atoms with van der Waals surface area (Å²) < 4.78 is 5.29. The van der Waals surface area contributed by atoms with E-state index in [4.69, 9.17) is 4.74 Å². The second-order valence-electron chi connectivity index (χ2n) is 4.53. The number of rotatable bonds is 3. The topological polar surface area (TPSA) is 38.3 Å². The fraction of sp³-hybridized carbons (Fsp3) is 0.900. The van der Waals surface area contributed by atoms with Crippen molar-refractivity contribution >= 4 is 5.91 Å². The standard InChI is InChI=1S/C10H17NO2/c1-10(4-5-10)7-11-9(12)8-3-2-6-13-8/h8H,2-7H2,1H3,(H,11,12)/t8-/m1/s1. The number of nitrogens with one attached hydrogen (secondary N) is 1. The number of amides is 1. The van der Waals surface area contributed by atoms with Gasteiger partial charge in [0, 0.05) is 13.2 Å². The van der Waals surface area contributed by atoms with E-state index in [-0.39, 0.29) is 12.0 Å². The van der Waals surface area contributed by atoms with Crippen LogP contribution < -0.4 is 5.32 Å². The zero-order chi connectivity index (χ0) is 9.31. The Morgan fingerprint density at radius 1 is 1.62 bits per heavy atom. The SMILES string of the molecule is CC1(CNC(=O)[C@H]2CCCO2)CC1. The minimum absolute atomic E-state index is 0.0885. The average Bonchev–Trinajstić information content (AvgIpc) is 2.69. The second kappa shape index (κ2) is 3.29. The van der Waals surface area contributed by atoms with Crippen molar-refractivity contribution in [2.24, 2.45) is 5.41 Å². The molecule has 0 bridgehead atoms. The molecule has 1 amide bonds. The molecule has 3 nitrogen and oxygen atoms in total. The molecule has 0 spiro atoms. The van der Waals surface area contributed by atoms with E-state index in [1.54, 1.807) is 0 Å². The molecule has 1 saturated heterocycles. The third kappa shape index (κ3) is 2.21. The molecule has 1 heterocycles. The van der Waals surface area contributed by atoms with Crippen molar-refractivity contribution in [3.63, 3.8) is 0 Å². The van der Waals surface area contributed by atoms with Gasteiger partial charge in [-0.05, 0) is 31.1 Å². The molecule has 0 aromatic heterocycles. The fourth-order valence-corrected chi connectivity index (χ4v) is 1.59. The molecule has 0 radical (unpaired) electrons. The predicted molar refractivity (Wildman–Crippen MR) is 49.3 cm³/mol. The van der Waals surface area contributed by atoms with Gasteiger partial charge in [0.1, 0.15) is 6.10 Å². The molecule has 13 heavy (non-hydrogen) atoms. The predicted octanol–water partition coefficient (Wildman–Crippen LogP) is 1.08. The lowest BCUT2D eigenvalue weighted by Gasteiger charge is -2.13. The summed E-state index contributed by atoms with van der Waals surface area (Å²) in [5.41, 5.74) is 0.397. The van der Waals surface area contributed by atoms with Gasteiger partial charge < -0.3 is 10.1 Å². The smallest absolute Gasteiger partial charge is 0.249 e. The summed E-state index contributed by atoms with van der Waals surface area (Å²) >= 11 is 0. The number of hydrogen-bond donors (Lipinski definition) is 1. The maximum Gasteiger partial charge on any atom is 0.249 e. The first-order valence-corrected chi connectivity index (χ1v) is 5.09. The van der Waals surface area contributed by atoms with Crippen molar-refractivity contribution in [3.8, 4) is 0 Å². The van der Waals surface area contributed by atoms with Gasteiger partial charge in [-0.25, -0.2) is 0 Å². The molecular formula is C10H17NO2. The lowest BCUT2D eigenvalue weighted by molar-refractivity contribution is -0.130. The molecular weight excluding hydrogens is 166 g/mol. The van der Waals surface area contributed by atoms with Crippen LogP contribution in [0.1, 0.15) is 32.6 Å². The molecule has 1 N–H and O–H groups in total. The third-order valence-electron chi connectivity index (χ3n) is 3.02. The Kier molecular flexibility index (Phi) is 2.28. The van der Waals surface area contributed by atoms with E-state index in [1.807, 2.05) is 0 Å². The van der Waals surface area contributed by atoms with Gasteiger partial charge in [0.05, 0.1) is 0 Å². The average molecular weight is 183 g/mol. The van der Waals surface area contributed by atoms with Gasteiger partial charge >= 0.3 is 0 Å². The highest BCUT2D eigenvalue weighted by atomic mass is 16.5. The summed E-state index contributed by atoms with van der Waals surface area (Å²) in [7, 11) is 0. The molecule has 0 unspecified atom stereocenters. The monoisotopic (exact) mass is 183 g/mol. The van der Waals surface area contributed by atoms with Gasteiger partial charge in [0.15, 0.2) is 0 Å². The van der Waals surface area contributed by atoms with Gasteiger partial charge in [-0.2, -0.15) is 0 Å². The molecule has 2 fully saturated rings. The van der Waals surface area contributed by atoms with Crippen LogP contribution in [0.4, 0.5) is 0 Å². The molecule has 2 rings (SSSR count). The zero-order valence-electron chi connectivity index (χ0n) is 8.14. The van der Waals surface area contributed by atoms with Crippen molar-refractivity contribution in [2.45, 2.75) is 38.7 Å². The third-order valence-corrected chi connectivity index (χ3v) is 3.02. The largest absolute Gasteiger partial charge is 0.368 e. The Hall–Kier alpha value is -0.570. The first kappa shape index (κ1) is 9.00. The second-order valence-corrected chi connectivity index (χ2v) is 4.53. The van der Waals surface area contributed by atoms with Gasteiger partial charge in [0.25, 0.3) is 0 Å². The highest BCUT2D eigenvalue weighted by Gasteiger charge is 2.38. The normalized spacial score (nSPS) is 30.1. The summed E-state index contributed by atoms with van der Waals surface area (Å²) in [6, 6.07) is 0. The van der Waals surface area contributed by atoms with Crippen LogP contribution in [-0.2, 0) is 9.53 Å². The summed E-state index contributed by atoms with van der Waals surface area (Å²) in [4.78, 5) is 11.5. The van der Waals surface area contributed by atoms with Crippen molar-refractivity contribution < 1.29 is 9.53 Å². The van der Waals surface area contributed by atoms with Crippen molar-refractivity contribution in [1.82, 2.24) is 5.32 Å². The van der Waals surface area contributed by atoms with Gasteiger partial charge in [-0.15, -0.1) is 0 Å². The Morgan fingerprint density at radius 3 is 2.92 bits per heavy atom. The number of ether oxygens (including phenoxy) is 1. The van der Waals surface area contributed by atoms with E-state index >= 15 is 0 Å². The van der Waals surface area contributed by atoms with E-state index in [1.165, 1.54) is 12.8 Å². The molecule has 74 valence electrons. The van der Waals surface area contributed by atoms with Gasteiger partial charge in [-0.3, -0.25) is 4.79 Å². The summed E-state index contributed by atoms with van der Waals surface area (Å²) in [5.74, 6) is 0.0885. The molecule has 0 aromatic rings. The summed E-state index contributed by atoms with van der Waals surface area (Å²) in [6.45, 7) is 3.78. The summed E-state index contributed by atoms with van der Waals surface area (Å²) in [6.07, 6.45) is 4.25. The van der Waals surface area contributed by atoms with Crippen LogP contribution in [0, 0.1) is 5.41 Å². The van der Waals surface area contributed by atoms with Crippen LogP contribution in [0.2, 0.25) is 0 Å². The highest BCUT2D eigenvalue weighted by molar-refractivity contribution is 5.81. The number of hydrogen-bond acceptors (Lipinski definition) is 2. The Labute approximate surface area is 78.8 Å². The number of carbonyl (C=O) groups excluding carboxylic acids is 1. The lowest BCUT2D eigenvalue weighted by atomic mass is 10.1. The van der Waals surface area contributed by atoms with Crippen molar-refractivity contribution in [1.29, 1.82) is 0 Å². The first-order chi connectivity index (χ1) is 6.20. The Morgan fingerprint density at radius 2 is 2.38 bits per heavy atom.